The van der Waals surface area contributed by atoms with E-state index in [1.54, 1.807) is 12.1 Å². The van der Waals surface area contributed by atoms with E-state index in [-0.39, 0.29) is 0 Å². The van der Waals surface area contributed by atoms with Crippen molar-refractivity contribution < 1.29 is 4.74 Å². The molecule has 0 aliphatic heterocycles. The first-order chi connectivity index (χ1) is 8.27. The molecule has 2 nitrogen and oxygen atoms in total. The molecule has 17 heavy (non-hydrogen) atoms. The van der Waals surface area contributed by atoms with Gasteiger partial charge in [0.25, 0.3) is 0 Å². The van der Waals surface area contributed by atoms with Crippen molar-refractivity contribution in [3.05, 3.63) is 28.2 Å². The van der Waals surface area contributed by atoms with E-state index >= 15 is 0 Å². The van der Waals surface area contributed by atoms with E-state index in [2.05, 4.69) is 5.32 Å². The highest BCUT2D eigenvalue weighted by Gasteiger charge is 2.13. The summed E-state index contributed by atoms with van der Waals surface area (Å²) < 4.78 is 5.60. The zero-order chi connectivity index (χ0) is 12.1. The predicted molar refractivity (Wildman–Crippen MR) is 72.2 cm³/mol. The molecule has 0 heterocycles. The molecule has 0 bridgehead atoms. The lowest BCUT2D eigenvalue weighted by atomic mass is 10.2. The van der Waals surface area contributed by atoms with Crippen LogP contribution in [0.4, 0.5) is 0 Å². The molecule has 1 N–H and O–H groups in total. The molecule has 0 saturated heterocycles. The van der Waals surface area contributed by atoms with Crippen LogP contribution >= 0.6 is 23.2 Å². The Morgan fingerprint density at radius 1 is 1.18 bits per heavy atom. The first-order valence-corrected chi connectivity index (χ1v) is 6.83. The maximum Gasteiger partial charge on any atom is 0.156 e. The Labute approximate surface area is 112 Å². The van der Waals surface area contributed by atoms with Crippen LogP contribution in [0.3, 0.4) is 0 Å². The molecule has 1 saturated carbocycles. The summed E-state index contributed by atoms with van der Waals surface area (Å²) in [5.74, 6) is 0.587. The molecule has 4 heteroatoms. The standard InChI is InChI=1S/C13H17Cl2NO/c14-11-6-3-7-12(15)13(11)17-9-8-16-10-4-1-2-5-10/h3,6-7,10,16H,1-2,4-5,8-9H2. The van der Waals surface area contributed by atoms with Crippen molar-refractivity contribution in [2.24, 2.45) is 0 Å². The molecule has 94 valence electrons. The van der Waals surface area contributed by atoms with Gasteiger partial charge in [0.2, 0.25) is 0 Å². The zero-order valence-corrected chi connectivity index (χ0v) is 11.2. The Hall–Kier alpha value is -0.440. The topological polar surface area (TPSA) is 21.3 Å². The van der Waals surface area contributed by atoms with E-state index in [0.717, 1.165) is 6.54 Å². The first kappa shape index (κ1) is 13.0. The molecule has 0 aromatic heterocycles. The van der Waals surface area contributed by atoms with Crippen LogP contribution in [-0.2, 0) is 0 Å². The molecule has 1 aromatic carbocycles. The minimum absolute atomic E-state index is 0.568. The number of para-hydroxylation sites is 1. The van der Waals surface area contributed by atoms with Crippen molar-refractivity contribution in [3.63, 3.8) is 0 Å². The van der Waals surface area contributed by atoms with Crippen molar-refractivity contribution in [1.82, 2.24) is 5.32 Å². The number of hydrogen-bond acceptors (Lipinski definition) is 2. The largest absolute Gasteiger partial charge is 0.489 e. The molecule has 0 atom stereocenters. The van der Waals surface area contributed by atoms with Crippen molar-refractivity contribution >= 4 is 23.2 Å². The molecule has 0 amide bonds. The Morgan fingerprint density at radius 3 is 2.47 bits per heavy atom. The molecule has 0 spiro atoms. The van der Waals surface area contributed by atoms with Gasteiger partial charge in [0, 0.05) is 12.6 Å². The van der Waals surface area contributed by atoms with Crippen LogP contribution in [0, 0.1) is 0 Å². The van der Waals surface area contributed by atoms with Gasteiger partial charge in [0.05, 0.1) is 10.0 Å². The maximum atomic E-state index is 6.01. The molecule has 1 fully saturated rings. The monoisotopic (exact) mass is 273 g/mol. The van der Waals surface area contributed by atoms with E-state index < -0.39 is 0 Å². The van der Waals surface area contributed by atoms with Gasteiger partial charge in [-0.3, -0.25) is 0 Å². The number of hydrogen-bond donors (Lipinski definition) is 1. The second kappa shape index (κ2) is 6.48. The van der Waals surface area contributed by atoms with E-state index in [1.807, 2.05) is 6.07 Å². The van der Waals surface area contributed by atoms with Gasteiger partial charge in [-0.25, -0.2) is 0 Å². The summed E-state index contributed by atoms with van der Waals surface area (Å²) in [7, 11) is 0. The number of rotatable bonds is 5. The van der Waals surface area contributed by atoms with E-state index in [9.17, 15) is 0 Å². The third-order valence-corrected chi connectivity index (χ3v) is 3.65. The maximum absolute atomic E-state index is 6.01. The van der Waals surface area contributed by atoms with Gasteiger partial charge in [0.15, 0.2) is 5.75 Å². The fraction of sp³-hybridized carbons (Fsp3) is 0.538. The highest BCUT2D eigenvalue weighted by atomic mass is 35.5. The predicted octanol–water partition coefficient (Wildman–Crippen LogP) is 3.90. The summed E-state index contributed by atoms with van der Waals surface area (Å²) in [6.07, 6.45) is 5.25. The highest BCUT2D eigenvalue weighted by Crippen LogP contribution is 2.32. The van der Waals surface area contributed by atoms with Crippen LogP contribution in [0.5, 0.6) is 5.75 Å². The van der Waals surface area contributed by atoms with Crippen molar-refractivity contribution in [3.8, 4) is 5.75 Å². The second-order valence-corrected chi connectivity index (χ2v) is 5.15. The summed E-state index contributed by atoms with van der Waals surface area (Å²) in [6, 6.07) is 6.05. The lowest BCUT2D eigenvalue weighted by molar-refractivity contribution is 0.305. The number of benzene rings is 1. The summed E-state index contributed by atoms with van der Waals surface area (Å²) in [5, 5.41) is 4.62. The Balaban J connectivity index is 1.74. The van der Waals surface area contributed by atoms with Gasteiger partial charge < -0.3 is 10.1 Å². The lowest BCUT2D eigenvalue weighted by Crippen LogP contribution is -2.30. The smallest absolute Gasteiger partial charge is 0.156 e. The van der Waals surface area contributed by atoms with E-state index in [1.165, 1.54) is 25.7 Å². The van der Waals surface area contributed by atoms with Gasteiger partial charge in [-0.15, -0.1) is 0 Å². The average molecular weight is 274 g/mol. The van der Waals surface area contributed by atoms with E-state index in [4.69, 9.17) is 27.9 Å². The summed E-state index contributed by atoms with van der Waals surface area (Å²) >= 11 is 12.0. The van der Waals surface area contributed by atoms with Crippen LogP contribution < -0.4 is 10.1 Å². The molecular formula is C13H17Cl2NO. The zero-order valence-electron chi connectivity index (χ0n) is 9.72. The highest BCUT2D eigenvalue weighted by molar-refractivity contribution is 6.37. The van der Waals surface area contributed by atoms with E-state index in [0.29, 0.717) is 28.4 Å². The van der Waals surface area contributed by atoms with Gasteiger partial charge in [-0.2, -0.15) is 0 Å². The second-order valence-electron chi connectivity index (χ2n) is 4.33. The Morgan fingerprint density at radius 2 is 1.82 bits per heavy atom. The van der Waals surface area contributed by atoms with Crippen LogP contribution in [0.1, 0.15) is 25.7 Å². The molecule has 1 aromatic rings. The molecular weight excluding hydrogens is 257 g/mol. The Bertz CT molecular complexity index is 344. The van der Waals surface area contributed by atoms with Crippen molar-refractivity contribution in [1.29, 1.82) is 0 Å². The first-order valence-electron chi connectivity index (χ1n) is 6.07. The Kier molecular flexibility index (Phi) is 4.96. The molecule has 0 radical (unpaired) electrons. The molecule has 1 aliphatic rings. The molecule has 2 rings (SSSR count). The third-order valence-electron chi connectivity index (χ3n) is 3.06. The van der Waals surface area contributed by atoms with Gasteiger partial charge >= 0.3 is 0 Å². The van der Waals surface area contributed by atoms with Crippen LogP contribution in [0.25, 0.3) is 0 Å². The summed E-state index contributed by atoms with van der Waals surface area (Å²) in [6.45, 7) is 1.44. The van der Waals surface area contributed by atoms with Crippen LogP contribution in [-0.4, -0.2) is 19.2 Å². The lowest BCUT2D eigenvalue weighted by Gasteiger charge is -2.13. The van der Waals surface area contributed by atoms with Crippen LogP contribution in [0.2, 0.25) is 10.0 Å². The van der Waals surface area contributed by atoms with Gasteiger partial charge in [-0.1, -0.05) is 42.1 Å². The average Bonchev–Trinajstić information content (AvgIpc) is 2.80. The minimum Gasteiger partial charge on any atom is -0.489 e. The fourth-order valence-electron chi connectivity index (χ4n) is 2.17. The third kappa shape index (κ3) is 3.77. The summed E-state index contributed by atoms with van der Waals surface area (Å²) in [5.41, 5.74) is 0. The normalized spacial score (nSPS) is 16.4. The van der Waals surface area contributed by atoms with Crippen LogP contribution in [0.15, 0.2) is 18.2 Å². The number of nitrogens with one attached hydrogen (secondary N) is 1. The van der Waals surface area contributed by atoms with Crippen molar-refractivity contribution in [2.75, 3.05) is 13.2 Å². The summed E-state index contributed by atoms with van der Waals surface area (Å²) in [4.78, 5) is 0. The SMILES string of the molecule is Clc1cccc(Cl)c1OCCNC1CCCC1. The molecule has 1 aliphatic carbocycles. The molecule has 0 unspecified atom stereocenters. The fourth-order valence-corrected chi connectivity index (χ4v) is 2.67. The number of ether oxygens (including phenoxy) is 1. The van der Waals surface area contributed by atoms with Crippen molar-refractivity contribution in [2.45, 2.75) is 31.7 Å². The quantitative estimate of drug-likeness (QED) is 0.822. The van der Waals surface area contributed by atoms with Gasteiger partial charge in [0.1, 0.15) is 6.61 Å². The number of halogens is 2. The minimum atomic E-state index is 0.568. The van der Waals surface area contributed by atoms with Gasteiger partial charge in [-0.05, 0) is 25.0 Å².